The van der Waals surface area contributed by atoms with Crippen molar-refractivity contribution in [2.24, 2.45) is 41.4 Å². The summed E-state index contributed by atoms with van der Waals surface area (Å²) in [7, 11) is 0. The summed E-state index contributed by atoms with van der Waals surface area (Å²) < 4.78 is 0. The first kappa shape index (κ1) is 19.5. The molecule has 0 amide bonds. The molecule has 2 fully saturated rings. The van der Waals surface area contributed by atoms with Crippen LogP contribution in [0.1, 0.15) is 78.6 Å². The quantitative estimate of drug-likeness (QED) is 0.536. The minimum absolute atomic E-state index is 0.172. The molecule has 0 spiro atoms. The van der Waals surface area contributed by atoms with Gasteiger partial charge in [-0.1, -0.05) is 50.6 Å². The summed E-state index contributed by atoms with van der Waals surface area (Å²) in [6.45, 7) is 7.30. The van der Waals surface area contributed by atoms with Crippen LogP contribution in [0.15, 0.2) is 35.5 Å². The second-order valence-electron chi connectivity index (χ2n) is 10.5. The molecule has 4 rings (SSSR count). The Hall–Kier alpha value is -0.820. The normalized spacial score (nSPS) is 42.6. The Kier molecular flexibility index (Phi) is 5.97. The number of hydrogen-bond acceptors (Lipinski definition) is 1. The number of aliphatic hydroxyl groups is 1. The minimum atomic E-state index is -0.172. The van der Waals surface area contributed by atoms with E-state index in [1.807, 2.05) is 0 Å². The summed E-state index contributed by atoms with van der Waals surface area (Å²) in [5, 5.41) is 10.6. The van der Waals surface area contributed by atoms with Crippen molar-refractivity contribution in [1.82, 2.24) is 0 Å². The van der Waals surface area contributed by atoms with E-state index in [4.69, 9.17) is 0 Å². The Morgan fingerprint density at radius 2 is 1.74 bits per heavy atom. The van der Waals surface area contributed by atoms with E-state index in [0.29, 0.717) is 5.92 Å². The molecule has 0 radical (unpaired) electrons. The lowest BCUT2D eigenvalue weighted by Crippen LogP contribution is -2.33. The monoisotopic (exact) mass is 368 g/mol. The maximum absolute atomic E-state index is 10.6. The zero-order valence-electron chi connectivity index (χ0n) is 17.7. The smallest absolute Gasteiger partial charge is 0.0781 e. The summed E-state index contributed by atoms with van der Waals surface area (Å²) in [6.07, 6.45) is 20.8. The summed E-state index contributed by atoms with van der Waals surface area (Å²) in [5.74, 6) is 5.90. The molecular formula is C26H40O. The number of allylic oxidation sites excluding steroid dienone is 5. The Morgan fingerprint density at radius 1 is 0.963 bits per heavy atom. The zero-order chi connectivity index (χ0) is 19.0. The second-order valence-corrected chi connectivity index (χ2v) is 10.5. The van der Waals surface area contributed by atoms with Crippen molar-refractivity contribution >= 4 is 0 Å². The van der Waals surface area contributed by atoms with E-state index in [-0.39, 0.29) is 6.10 Å². The molecule has 27 heavy (non-hydrogen) atoms. The summed E-state index contributed by atoms with van der Waals surface area (Å²) >= 11 is 0. The van der Waals surface area contributed by atoms with Crippen LogP contribution in [0.25, 0.3) is 0 Å². The fourth-order valence-electron chi connectivity index (χ4n) is 6.89. The molecule has 0 aromatic carbocycles. The first-order valence-electron chi connectivity index (χ1n) is 11.7. The highest BCUT2D eigenvalue weighted by atomic mass is 16.3. The van der Waals surface area contributed by atoms with Gasteiger partial charge < -0.3 is 5.11 Å². The van der Waals surface area contributed by atoms with Gasteiger partial charge in [0.15, 0.2) is 0 Å². The molecule has 4 aliphatic rings. The van der Waals surface area contributed by atoms with E-state index in [2.05, 4.69) is 45.1 Å². The van der Waals surface area contributed by atoms with Crippen molar-refractivity contribution in [3.8, 4) is 0 Å². The van der Waals surface area contributed by atoms with Gasteiger partial charge >= 0.3 is 0 Å². The number of hydrogen-bond donors (Lipinski definition) is 1. The maximum atomic E-state index is 10.6. The second kappa shape index (κ2) is 8.27. The molecule has 0 aromatic heterocycles. The van der Waals surface area contributed by atoms with Crippen LogP contribution in [-0.4, -0.2) is 11.2 Å². The van der Waals surface area contributed by atoms with Gasteiger partial charge in [-0.15, -0.1) is 0 Å². The van der Waals surface area contributed by atoms with Gasteiger partial charge in [0.1, 0.15) is 0 Å². The Balaban J connectivity index is 1.32. The Labute approximate surface area is 167 Å². The topological polar surface area (TPSA) is 20.2 Å². The van der Waals surface area contributed by atoms with Crippen molar-refractivity contribution in [3.05, 3.63) is 35.5 Å². The number of rotatable bonds is 5. The summed E-state index contributed by atoms with van der Waals surface area (Å²) in [6, 6.07) is 0. The van der Waals surface area contributed by atoms with Crippen LogP contribution < -0.4 is 0 Å². The predicted molar refractivity (Wildman–Crippen MR) is 114 cm³/mol. The number of fused-ring (bicyclic) bond motifs is 1. The van der Waals surface area contributed by atoms with Gasteiger partial charge in [-0.25, -0.2) is 0 Å². The van der Waals surface area contributed by atoms with Gasteiger partial charge in [0.05, 0.1) is 6.10 Å². The van der Waals surface area contributed by atoms with Crippen LogP contribution in [0.5, 0.6) is 0 Å². The van der Waals surface area contributed by atoms with E-state index >= 15 is 0 Å². The Morgan fingerprint density at radius 3 is 2.44 bits per heavy atom. The van der Waals surface area contributed by atoms with Gasteiger partial charge in [-0.05, 0) is 105 Å². The van der Waals surface area contributed by atoms with E-state index in [1.165, 1.54) is 56.9 Å². The molecule has 2 saturated carbocycles. The molecule has 4 aliphatic carbocycles. The van der Waals surface area contributed by atoms with Gasteiger partial charge in [-0.2, -0.15) is 0 Å². The average molecular weight is 369 g/mol. The molecule has 1 nitrogen and oxygen atoms in total. The third kappa shape index (κ3) is 4.14. The highest BCUT2D eigenvalue weighted by Gasteiger charge is 2.43. The van der Waals surface area contributed by atoms with E-state index in [9.17, 15) is 5.11 Å². The van der Waals surface area contributed by atoms with Crippen molar-refractivity contribution in [3.63, 3.8) is 0 Å². The minimum Gasteiger partial charge on any atom is -0.388 e. The fourth-order valence-corrected chi connectivity index (χ4v) is 6.89. The van der Waals surface area contributed by atoms with Gasteiger partial charge in [0.2, 0.25) is 0 Å². The molecule has 6 atom stereocenters. The van der Waals surface area contributed by atoms with Gasteiger partial charge in [0.25, 0.3) is 0 Å². The van der Waals surface area contributed by atoms with Crippen molar-refractivity contribution in [1.29, 1.82) is 0 Å². The van der Waals surface area contributed by atoms with Crippen LogP contribution in [0.2, 0.25) is 0 Å². The standard InChI is InChI=1S/C26H40O/c1-17-14-23(15-17)26(27)21-11-8-20(9-12-21)10-13-22-16-19(3)24-7-5-4-6-18(2)25(22)24/h4-5,8,11,17-19,22-27H,6-7,9-10,12-16H2,1-3H3. The van der Waals surface area contributed by atoms with Crippen LogP contribution in [-0.2, 0) is 0 Å². The van der Waals surface area contributed by atoms with E-state index in [0.717, 1.165) is 41.9 Å². The highest BCUT2D eigenvalue weighted by Crippen LogP contribution is 2.51. The predicted octanol–water partition coefficient (Wildman–Crippen LogP) is 6.69. The third-order valence-electron chi connectivity index (χ3n) is 8.52. The lowest BCUT2D eigenvalue weighted by atomic mass is 9.70. The molecule has 0 heterocycles. The summed E-state index contributed by atoms with van der Waals surface area (Å²) in [4.78, 5) is 0. The van der Waals surface area contributed by atoms with Crippen LogP contribution >= 0.6 is 0 Å². The molecule has 0 bridgehead atoms. The lowest BCUT2D eigenvalue weighted by Gasteiger charge is -2.37. The van der Waals surface area contributed by atoms with Gasteiger partial charge in [0, 0.05) is 0 Å². The van der Waals surface area contributed by atoms with E-state index in [1.54, 1.807) is 5.57 Å². The number of aliphatic hydroxyl groups excluding tert-OH is 1. The molecule has 6 unspecified atom stereocenters. The molecule has 150 valence electrons. The average Bonchev–Trinajstić information content (AvgIpc) is 2.82. The largest absolute Gasteiger partial charge is 0.388 e. The third-order valence-corrected chi connectivity index (χ3v) is 8.52. The SMILES string of the molecule is CC1CC(C(O)C2=CC=C(CCC3CC(C)C4CC=CCC(C)C34)CC2)C1. The van der Waals surface area contributed by atoms with Crippen molar-refractivity contribution in [2.45, 2.75) is 84.7 Å². The fraction of sp³-hybridized carbons (Fsp3) is 0.769. The Bertz CT molecular complexity index is 606. The maximum Gasteiger partial charge on any atom is 0.0781 e. The molecule has 0 aromatic rings. The van der Waals surface area contributed by atoms with E-state index < -0.39 is 0 Å². The van der Waals surface area contributed by atoms with Crippen molar-refractivity contribution in [2.75, 3.05) is 0 Å². The highest BCUT2D eigenvalue weighted by molar-refractivity contribution is 5.27. The first-order valence-corrected chi connectivity index (χ1v) is 11.7. The molecular weight excluding hydrogens is 328 g/mol. The van der Waals surface area contributed by atoms with Crippen LogP contribution in [0.4, 0.5) is 0 Å². The molecule has 0 aliphatic heterocycles. The lowest BCUT2D eigenvalue weighted by molar-refractivity contribution is 0.0556. The molecule has 1 N–H and O–H groups in total. The van der Waals surface area contributed by atoms with Crippen LogP contribution in [0.3, 0.4) is 0 Å². The zero-order valence-corrected chi connectivity index (χ0v) is 17.7. The van der Waals surface area contributed by atoms with Crippen molar-refractivity contribution < 1.29 is 5.11 Å². The molecule has 0 saturated heterocycles. The summed E-state index contributed by atoms with van der Waals surface area (Å²) in [5.41, 5.74) is 2.93. The first-order chi connectivity index (χ1) is 13.0. The van der Waals surface area contributed by atoms with Gasteiger partial charge in [-0.3, -0.25) is 0 Å². The molecule has 1 heteroatoms. The van der Waals surface area contributed by atoms with Crippen LogP contribution in [0, 0.1) is 41.4 Å².